The van der Waals surface area contributed by atoms with Gasteiger partial charge in [0, 0.05) is 28.9 Å². The average Bonchev–Trinajstić information content (AvgIpc) is 2.75. The van der Waals surface area contributed by atoms with Gasteiger partial charge in [-0.25, -0.2) is 0 Å². The van der Waals surface area contributed by atoms with Gasteiger partial charge in [0.25, 0.3) is 0 Å². The second-order valence-electron chi connectivity index (χ2n) is 7.81. The summed E-state index contributed by atoms with van der Waals surface area (Å²) in [5.74, 6) is 0.718. The summed E-state index contributed by atoms with van der Waals surface area (Å²) in [6.07, 6.45) is 2.49. The molecule has 0 heterocycles. The molecule has 174 valence electrons. The molecule has 0 saturated heterocycles. The maximum atomic E-state index is 13.3. The third kappa shape index (κ3) is 8.34. The number of hydrogen-bond acceptors (Lipinski definition) is 3. The molecule has 4 nitrogen and oxygen atoms in total. The van der Waals surface area contributed by atoms with Gasteiger partial charge in [0.1, 0.15) is 6.04 Å². The molecule has 1 atom stereocenters. The normalized spacial score (nSPS) is 11.8. The van der Waals surface area contributed by atoms with Crippen molar-refractivity contribution in [3.8, 4) is 0 Å². The van der Waals surface area contributed by atoms with Crippen molar-refractivity contribution in [1.29, 1.82) is 0 Å². The highest BCUT2D eigenvalue weighted by molar-refractivity contribution is 7.99. The molecule has 0 radical (unpaired) electrons. The molecule has 0 saturated carbocycles. The Morgan fingerprint density at radius 1 is 1.12 bits per heavy atom. The second-order valence-corrected chi connectivity index (χ2v) is 9.64. The van der Waals surface area contributed by atoms with Gasteiger partial charge in [0.15, 0.2) is 0 Å². The van der Waals surface area contributed by atoms with E-state index < -0.39 is 6.04 Å². The van der Waals surface area contributed by atoms with Crippen molar-refractivity contribution >= 4 is 46.8 Å². The Balaban J connectivity index is 2.12. The van der Waals surface area contributed by atoms with E-state index in [9.17, 15) is 9.59 Å². The van der Waals surface area contributed by atoms with Crippen LogP contribution in [0.3, 0.4) is 0 Å². The van der Waals surface area contributed by atoms with E-state index in [1.165, 1.54) is 11.8 Å². The van der Waals surface area contributed by atoms with Crippen LogP contribution in [0, 0.1) is 6.92 Å². The van der Waals surface area contributed by atoms with Gasteiger partial charge in [-0.1, -0.05) is 79.4 Å². The lowest BCUT2D eigenvalue weighted by Gasteiger charge is -2.30. The van der Waals surface area contributed by atoms with Gasteiger partial charge in [-0.3, -0.25) is 9.59 Å². The van der Waals surface area contributed by atoms with Crippen molar-refractivity contribution in [3.05, 3.63) is 69.2 Å². The van der Waals surface area contributed by atoms with E-state index in [4.69, 9.17) is 23.2 Å². The zero-order valence-corrected chi connectivity index (χ0v) is 21.3. The van der Waals surface area contributed by atoms with Gasteiger partial charge < -0.3 is 10.2 Å². The van der Waals surface area contributed by atoms with Gasteiger partial charge in [-0.2, -0.15) is 0 Å². The molecule has 0 aliphatic heterocycles. The largest absolute Gasteiger partial charge is 0.354 e. The maximum Gasteiger partial charge on any atom is 0.242 e. The Hall–Kier alpha value is -1.69. The van der Waals surface area contributed by atoms with Crippen LogP contribution in [0.1, 0.15) is 49.8 Å². The SMILES string of the molecule is CCCCNC(=O)C(CC)N(Cc1cccc(C)c1)C(=O)CSCc1ccc(Cl)cc1Cl. The van der Waals surface area contributed by atoms with E-state index in [-0.39, 0.29) is 17.6 Å². The summed E-state index contributed by atoms with van der Waals surface area (Å²) in [5, 5.41) is 4.17. The smallest absolute Gasteiger partial charge is 0.242 e. The molecule has 7 heteroatoms. The lowest BCUT2D eigenvalue weighted by atomic mass is 10.1. The molecule has 32 heavy (non-hydrogen) atoms. The number of thioether (sulfide) groups is 1. The van der Waals surface area contributed by atoms with Crippen LogP contribution in [0.4, 0.5) is 0 Å². The predicted octanol–water partition coefficient (Wildman–Crippen LogP) is 6.26. The number of nitrogens with zero attached hydrogens (tertiary/aromatic N) is 1. The summed E-state index contributed by atoms with van der Waals surface area (Å²) in [6, 6.07) is 12.9. The molecule has 0 spiro atoms. The molecule has 1 unspecified atom stereocenters. The molecule has 1 N–H and O–H groups in total. The minimum atomic E-state index is -0.500. The number of carbonyl (C=O) groups is 2. The van der Waals surface area contributed by atoms with Crippen molar-refractivity contribution in [2.75, 3.05) is 12.3 Å². The fourth-order valence-corrected chi connectivity index (χ4v) is 4.87. The van der Waals surface area contributed by atoms with Crippen molar-refractivity contribution in [1.82, 2.24) is 10.2 Å². The molecule has 0 aliphatic rings. The Morgan fingerprint density at radius 3 is 2.56 bits per heavy atom. The monoisotopic (exact) mass is 494 g/mol. The number of halogens is 2. The summed E-state index contributed by atoms with van der Waals surface area (Å²) >= 11 is 13.7. The van der Waals surface area contributed by atoms with Crippen molar-refractivity contribution in [2.24, 2.45) is 0 Å². The fourth-order valence-electron chi connectivity index (χ4n) is 3.40. The first-order chi connectivity index (χ1) is 15.3. The topological polar surface area (TPSA) is 49.4 Å². The molecular weight excluding hydrogens is 463 g/mol. The molecule has 2 amide bonds. The molecule has 0 bridgehead atoms. The first-order valence-corrected chi connectivity index (χ1v) is 12.9. The van der Waals surface area contributed by atoms with E-state index in [1.807, 2.05) is 38.1 Å². The standard InChI is InChI=1S/C25H32Cl2N2O2S/c1-4-6-12-28-25(31)23(5-2)29(15-19-9-7-8-18(3)13-19)24(30)17-32-16-20-10-11-21(26)14-22(20)27/h7-11,13-14,23H,4-6,12,15-17H2,1-3H3,(H,28,31). The van der Waals surface area contributed by atoms with Crippen LogP contribution in [0.25, 0.3) is 0 Å². The van der Waals surface area contributed by atoms with E-state index >= 15 is 0 Å². The number of amides is 2. The van der Waals surface area contributed by atoms with Gasteiger partial charge in [0.2, 0.25) is 11.8 Å². The summed E-state index contributed by atoms with van der Waals surface area (Å²) in [4.78, 5) is 27.9. The molecule has 0 fully saturated rings. The zero-order valence-electron chi connectivity index (χ0n) is 19.0. The molecule has 0 aliphatic carbocycles. The minimum Gasteiger partial charge on any atom is -0.354 e. The lowest BCUT2D eigenvalue weighted by Crippen LogP contribution is -2.49. The number of aryl methyl sites for hydroxylation is 1. The maximum absolute atomic E-state index is 13.3. The van der Waals surface area contributed by atoms with Crippen molar-refractivity contribution in [2.45, 2.75) is 58.4 Å². The highest BCUT2D eigenvalue weighted by Crippen LogP contribution is 2.25. The van der Waals surface area contributed by atoms with Crippen LogP contribution in [-0.4, -0.2) is 35.1 Å². The Labute approximate surface area is 206 Å². The van der Waals surface area contributed by atoms with Gasteiger partial charge in [-0.05, 0) is 43.0 Å². The van der Waals surface area contributed by atoms with E-state index in [0.717, 1.165) is 29.5 Å². The van der Waals surface area contributed by atoms with Crippen LogP contribution < -0.4 is 5.32 Å². The number of carbonyl (C=O) groups excluding carboxylic acids is 2. The minimum absolute atomic E-state index is 0.0564. The molecule has 0 aromatic heterocycles. The van der Waals surface area contributed by atoms with E-state index in [2.05, 4.69) is 18.3 Å². The molecule has 2 aromatic rings. The van der Waals surface area contributed by atoms with Crippen LogP contribution in [0.2, 0.25) is 10.0 Å². The fraction of sp³-hybridized carbons (Fsp3) is 0.440. The first kappa shape index (κ1) is 26.6. The quantitative estimate of drug-likeness (QED) is 0.354. The van der Waals surface area contributed by atoms with Crippen LogP contribution >= 0.6 is 35.0 Å². The summed E-state index contributed by atoms with van der Waals surface area (Å²) in [6.45, 7) is 7.09. The Morgan fingerprint density at radius 2 is 1.91 bits per heavy atom. The zero-order chi connectivity index (χ0) is 23.5. The van der Waals surface area contributed by atoms with Crippen molar-refractivity contribution < 1.29 is 9.59 Å². The summed E-state index contributed by atoms with van der Waals surface area (Å²) in [7, 11) is 0. The first-order valence-electron chi connectivity index (χ1n) is 11.0. The highest BCUT2D eigenvalue weighted by Gasteiger charge is 2.28. The average molecular weight is 496 g/mol. The number of hydrogen-bond donors (Lipinski definition) is 1. The lowest BCUT2D eigenvalue weighted by molar-refractivity contribution is -0.139. The number of unbranched alkanes of at least 4 members (excludes halogenated alkanes) is 1. The molecule has 2 aromatic carbocycles. The van der Waals surface area contributed by atoms with Crippen LogP contribution in [-0.2, 0) is 21.9 Å². The number of rotatable bonds is 12. The highest BCUT2D eigenvalue weighted by atomic mass is 35.5. The van der Waals surface area contributed by atoms with Gasteiger partial charge in [-0.15, -0.1) is 11.8 Å². The Bertz CT molecular complexity index is 907. The van der Waals surface area contributed by atoms with Crippen molar-refractivity contribution in [3.63, 3.8) is 0 Å². The van der Waals surface area contributed by atoms with Gasteiger partial charge in [0.05, 0.1) is 5.75 Å². The molecule has 2 rings (SSSR count). The Kier molecular flexibility index (Phi) is 11.4. The summed E-state index contributed by atoms with van der Waals surface area (Å²) in [5.41, 5.74) is 3.08. The number of benzene rings is 2. The van der Waals surface area contributed by atoms with Crippen LogP contribution in [0.5, 0.6) is 0 Å². The van der Waals surface area contributed by atoms with Gasteiger partial charge >= 0.3 is 0 Å². The second kappa shape index (κ2) is 13.8. The summed E-state index contributed by atoms with van der Waals surface area (Å²) < 4.78 is 0. The van der Waals surface area contributed by atoms with Crippen LogP contribution in [0.15, 0.2) is 42.5 Å². The van der Waals surface area contributed by atoms with E-state index in [0.29, 0.717) is 35.3 Å². The molecular formula is C25H32Cl2N2O2S. The predicted molar refractivity (Wildman–Crippen MR) is 136 cm³/mol. The third-order valence-electron chi connectivity index (χ3n) is 5.15. The number of nitrogens with one attached hydrogen (secondary N) is 1. The third-order valence-corrected chi connectivity index (χ3v) is 6.70. The van der Waals surface area contributed by atoms with E-state index in [1.54, 1.807) is 17.0 Å².